The number of carbonyl (C=O) groups excluding carboxylic acids is 1. The van der Waals surface area contributed by atoms with Crippen molar-refractivity contribution in [3.05, 3.63) is 60.2 Å². The number of nitrogens with one attached hydrogen (secondary N) is 1. The Morgan fingerprint density at radius 1 is 1.04 bits per heavy atom. The Labute approximate surface area is 147 Å². The molecule has 2 aromatic carbocycles. The molecular weight excluding hydrogens is 314 g/mol. The molecule has 2 fully saturated rings. The lowest BCUT2D eigenvalue weighted by molar-refractivity contribution is 0.00483. The molecule has 0 atom stereocenters. The van der Waals surface area contributed by atoms with Crippen LogP contribution in [0.1, 0.15) is 12.0 Å². The average Bonchev–Trinajstić information content (AvgIpc) is 3.03. The van der Waals surface area contributed by atoms with Gasteiger partial charge in [0.05, 0.1) is 0 Å². The van der Waals surface area contributed by atoms with Crippen molar-refractivity contribution in [2.45, 2.75) is 13.0 Å². The van der Waals surface area contributed by atoms with Gasteiger partial charge in [-0.1, -0.05) is 30.3 Å². The summed E-state index contributed by atoms with van der Waals surface area (Å²) in [7, 11) is 0. The average molecular weight is 337 g/mol. The quantitative estimate of drug-likeness (QED) is 0.905. The number of rotatable bonds is 3. The highest BCUT2D eigenvalue weighted by molar-refractivity contribution is 5.89. The molecule has 1 spiro atoms. The molecule has 2 aliphatic heterocycles. The van der Waals surface area contributed by atoms with Crippen molar-refractivity contribution in [2.75, 3.05) is 31.5 Å². The predicted molar refractivity (Wildman–Crippen MR) is 97.5 cm³/mol. The molecule has 5 nitrogen and oxygen atoms in total. The van der Waals surface area contributed by atoms with Gasteiger partial charge >= 0.3 is 6.03 Å². The number of phenols is 1. The van der Waals surface area contributed by atoms with Crippen molar-refractivity contribution in [1.82, 2.24) is 9.80 Å². The molecule has 0 saturated carbocycles. The van der Waals surface area contributed by atoms with E-state index in [1.807, 2.05) is 47.4 Å². The first kappa shape index (κ1) is 16.0. The number of urea groups is 1. The maximum Gasteiger partial charge on any atom is 0.321 e. The van der Waals surface area contributed by atoms with Gasteiger partial charge in [0.2, 0.25) is 0 Å². The number of hydrogen-bond donors (Lipinski definition) is 2. The molecule has 0 bridgehead atoms. The first-order valence-electron chi connectivity index (χ1n) is 8.73. The largest absolute Gasteiger partial charge is 0.508 e. The number of anilines is 1. The van der Waals surface area contributed by atoms with E-state index in [9.17, 15) is 9.90 Å². The SMILES string of the molecule is O=C(Nc1ccccc1)N1CCC2(CN(Cc3ccc(O)cc3)C2)C1. The number of para-hydroxylation sites is 1. The zero-order valence-corrected chi connectivity index (χ0v) is 14.2. The molecule has 2 N–H and O–H groups in total. The van der Waals surface area contributed by atoms with Crippen molar-refractivity contribution < 1.29 is 9.90 Å². The van der Waals surface area contributed by atoms with E-state index in [0.29, 0.717) is 5.75 Å². The van der Waals surface area contributed by atoms with Gasteiger partial charge < -0.3 is 15.3 Å². The molecule has 25 heavy (non-hydrogen) atoms. The number of aromatic hydroxyl groups is 1. The van der Waals surface area contributed by atoms with E-state index < -0.39 is 0 Å². The third kappa shape index (κ3) is 3.46. The van der Waals surface area contributed by atoms with Gasteiger partial charge in [0.25, 0.3) is 0 Å². The molecule has 2 amide bonds. The van der Waals surface area contributed by atoms with Crippen LogP contribution < -0.4 is 5.32 Å². The second kappa shape index (κ2) is 6.41. The van der Waals surface area contributed by atoms with Gasteiger partial charge in [0, 0.05) is 43.8 Å². The predicted octanol–water partition coefficient (Wildman–Crippen LogP) is 3.13. The summed E-state index contributed by atoms with van der Waals surface area (Å²) in [5.74, 6) is 0.305. The maximum absolute atomic E-state index is 12.4. The van der Waals surface area contributed by atoms with Crippen molar-refractivity contribution in [1.29, 1.82) is 0 Å². The standard InChI is InChI=1S/C20H23N3O2/c24-18-8-6-16(7-9-18)12-22-13-20(14-22)10-11-23(15-20)19(25)21-17-4-2-1-3-5-17/h1-9,24H,10-15H2,(H,21,25). The van der Waals surface area contributed by atoms with Gasteiger partial charge in [0.15, 0.2) is 0 Å². The molecule has 0 radical (unpaired) electrons. The van der Waals surface area contributed by atoms with E-state index in [0.717, 1.165) is 44.8 Å². The molecule has 4 rings (SSSR count). The van der Waals surface area contributed by atoms with Crippen molar-refractivity contribution in [3.63, 3.8) is 0 Å². The topological polar surface area (TPSA) is 55.8 Å². The van der Waals surface area contributed by atoms with Crippen molar-refractivity contribution in [3.8, 4) is 5.75 Å². The van der Waals surface area contributed by atoms with Crippen molar-refractivity contribution in [2.24, 2.45) is 5.41 Å². The van der Waals surface area contributed by atoms with Gasteiger partial charge in [-0.2, -0.15) is 0 Å². The van der Waals surface area contributed by atoms with E-state index in [1.54, 1.807) is 12.1 Å². The summed E-state index contributed by atoms with van der Waals surface area (Å²) in [5.41, 5.74) is 2.31. The lowest BCUT2D eigenvalue weighted by Crippen LogP contribution is -2.57. The zero-order chi connectivity index (χ0) is 17.3. The van der Waals surface area contributed by atoms with Crippen LogP contribution in [0.5, 0.6) is 5.75 Å². The van der Waals surface area contributed by atoms with E-state index in [1.165, 1.54) is 5.56 Å². The number of likely N-dealkylation sites (tertiary alicyclic amines) is 2. The Morgan fingerprint density at radius 3 is 2.48 bits per heavy atom. The van der Waals surface area contributed by atoms with Gasteiger partial charge in [-0.3, -0.25) is 4.90 Å². The van der Waals surface area contributed by atoms with Crippen LogP contribution in [-0.2, 0) is 6.54 Å². The number of carbonyl (C=O) groups is 1. The van der Waals surface area contributed by atoms with Crippen LogP contribution in [0.3, 0.4) is 0 Å². The molecule has 5 heteroatoms. The molecular formula is C20H23N3O2. The van der Waals surface area contributed by atoms with Crippen LogP contribution in [0.4, 0.5) is 10.5 Å². The highest BCUT2D eigenvalue weighted by Crippen LogP contribution is 2.40. The van der Waals surface area contributed by atoms with E-state index in [2.05, 4.69) is 10.2 Å². The molecule has 2 saturated heterocycles. The fourth-order valence-corrected chi connectivity index (χ4v) is 3.96. The second-order valence-corrected chi connectivity index (χ2v) is 7.28. The third-order valence-electron chi connectivity index (χ3n) is 5.21. The van der Waals surface area contributed by atoms with Gasteiger partial charge in [-0.05, 0) is 36.2 Å². The Kier molecular flexibility index (Phi) is 4.09. The molecule has 130 valence electrons. The van der Waals surface area contributed by atoms with Gasteiger partial charge in [-0.15, -0.1) is 0 Å². The fourth-order valence-electron chi connectivity index (χ4n) is 3.96. The number of benzene rings is 2. The number of phenolic OH excluding ortho intramolecular Hbond substituents is 1. The zero-order valence-electron chi connectivity index (χ0n) is 14.2. The van der Waals surface area contributed by atoms with Gasteiger partial charge in [-0.25, -0.2) is 4.79 Å². The van der Waals surface area contributed by atoms with Crippen LogP contribution in [0.25, 0.3) is 0 Å². The van der Waals surface area contributed by atoms with Crippen molar-refractivity contribution >= 4 is 11.7 Å². The van der Waals surface area contributed by atoms with Crippen LogP contribution in [-0.4, -0.2) is 47.1 Å². The number of amides is 2. The first-order chi connectivity index (χ1) is 12.1. The minimum atomic E-state index is 0.0000552. The normalized spacial score (nSPS) is 19.0. The maximum atomic E-state index is 12.4. The second-order valence-electron chi connectivity index (χ2n) is 7.28. The molecule has 2 heterocycles. The summed E-state index contributed by atoms with van der Waals surface area (Å²) in [5, 5.41) is 12.3. The molecule has 2 aliphatic rings. The lowest BCUT2D eigenvalue weighted by Gasteiger charge is -2.48. The summed E-state index contributed by atoms with van der Waals surface area (Å²) >= 11 is 0. The van der Waals surface area contributed by atoms with Crippen LogP contribution in [0, 0.1) is 5.41 Å². The fraction of sp³-hybridized carbons (Fsp3) is 0.350. The third-order valence-corrected chi connectivity index (χ3v) is 5.21. The van der Waals surface area contributed by atoms with E-state index >= 15 is 0 Å². The number of hydrogen-bond acceptors (Lipinski definition) is 3. The minimum absolute atomic E-state index is 0.0000552. The molecule has 0 unspecified atom stereocenters. The van der Waals surface area contributed by atoms with Crippen LogP contribution in [0.15, 0.2) is 54.6 Å². The highest BCUT2D eigenvalue weighted by Gasteiger charge is 2.48. The summed E-state index contributed by atoms with van der Waals surface area (Å²) in [4.78, 5) is 16.8. The molecule has 0 aromatic heterocycles. The highest BCUT2D eigenvalue weighted by atomic mass is 16.3. The van der Waals surface area contributed by atoms with E-state index in [4.69, 9.17) is 0 Å². The Morgan fingerprint density at radius 2 is 1.76 bits per heavy atom. The first-order valence-corrected chi connectivity index (χ1v) is 8.73. The minimum Gasteiger partial charge on any atom is -0.508 e. The Bertz CT molecular complexity index is 739. The molecule has 2 aromatic rings. The summed E-state index contributed by atoms with van der Waals surface area (Å²) in [6, 6.07) is 17.0. The van der Waals surface area contributed by atoms with E-state index in [-0.39, 0.29) is 11.4 Å². The molecule has 0 aliphatic carbocycles. The Balaban J connectivity index is 1.28. The summed E-state index contributed by atoms with van der Waals surface area (Å²) in [6.07, 6.45) is 1.07. The number of nitrogens with zero attached hydrogens (tertiary/aromatic N) is 2. The monoisotopic (exact) mass is 337 g/mol. The Hall–Kier alpha value is -2.53. The lowest BCUT2D eigenvalue weighted by atomic mass is 9.79. The summed E-state index contributed by atoms with van der Waals surface area (Å²) in [6.45, 7) is 4.62. The smallest absolute Gasteiger partial charge is 0.321 e. The van der Waals surface area contributed by atoms with Crippen LogP contribution in [0.2, 0.25) is 0 Å². The van der Waals surface area contributed by atoms with Gasteiger partial charge in [0.1, 0.15) is 5.75 Å². The van der Waals surface area contributed by atoms with Crippen LogP contribution >= 0.6 is 0 Å². The summed E-state index contributed by atoms with van der Waals surface area (Å²) < 4.78 is 0.